The molecule has 0 saturated carbocycles. The quantitative estimate of drug-likeness (QED) is 0.406. The molecule has 0 spiro atoms. The number of phenols is 1. The second-order valence-corrected chi connectivity index (χ2v) is 5.18. The van der Waals surface area contributed by atoms with Crippen LogP contribution in [0.25, 0.3) is 0 Å². The van der Waals surface area contributed by atoms with Crippen LogP contribution in [0.2, 0.25) is 0 Å². The first-order valence-corrected chi connectivity index (χ1v) is 6.90. The molecule has 0 aliphatic carbocycles. The fourth-order valence-electron chi connectivity index (χ4n) is 1.32. The number of rotatable bonds is 5. The van der Waals surface area contributed by atoms with Gasteiger partial charge in [-0.05, 0) is 18.6 Å². The van der Waals surface area contributed by atoms with E-state index in [1.165, 1.54) is 12.1 Å². The third-order valence-corrected chi connectivity index (χ3v) is 3.07. The zero-order chi connectivity index (χ0) is 12.8. The van der Waals surface area contributed by atoms with Crippen LogP contribution in [0.1, 0.15) is 16.8 Å². The molecule has 17 heavy (non-hydrogen) atoms. The number of nitrogens with two attached hydrogens (primary N) is 1. The molecule has 0 saturated heterocycles. The van der Waals surface area contributed by atoms with Crippen molar-refractivity contribution in [3.05, 3.63) is 23.8 Å². The van der Waals surface area contributed by atoms with Crippen molar-refractivity contribution in [1.82, 2.24) is 5.32 Å². The van der Waals surface area contributed by atoms with Crippen molar-refractivity contribution >= 4 is 22.4 Å². The van der Waals surface area contributed by atoms with Crippen LogP contribution in [0.5, 0.6) is 5.75 Å². The average molecular weight is 256 g/mol. The minimum absolute atomic E-state index is 0.155. The summed E-state index contributed by atoms with van der Waals surface area (Å²) in [5.74, 6) is -0.0378. The van der Waals surface area contributed by atoms with Crippen LogP contribution < -0.4 is 11.1 Å². The van der Waals surface area contributed by atoms with E-state index in [4.69, 9.17) is 5.73 Å². The van der Waals surface area contributed by atoms with E-state index in [1.54, 1.807) is 12.3 Å². The first-order chi connectivity index (χ1) is 8.02. The number of nitrogen functional groups attached to an aromatic ring is 1. The molecule has 0 aliphatic rings. The molecule has 4 N–H and O–H groups in total. The molecule has 1 amide bonds. The van der Waals surface area contributed by atoms with Crippen molar-refractivity contribution in [2.24, 2.45) is 0 Å². The average Bonchev–Trinajstić information content (AvgIpc) is 2.27. The maximum atomic E-state index is 11.7. The highest BCUT2D eigenvalue weighted by molar-refractivity contribution is 7.84. The summed E-state index contributed by atoms with van der Waals surface area (Å²) in [5.41, 5.74) is 5.81. The van der Waals surface area contributed by atoms with E-state index < -0.39 is 10.8 Å². The Hall–Kier alpha value is -1.56. The topological polar surface area (TPSA) is 92.4 Å². The van der Waals surface area contributed by atoms with Crippen LogP contribution in [-0.2, 0) is 10.8 Å². The number of aromatic hydroxyl groups is 1. The molecule has 1 aromatic rings. The van der Waals surface area contributed by atoms with Gasteiger partial charge in [0.25, 0.3) is 5.91 Å². The summed E-state index contributed by atoms with van der Waals surface area (Å²) < 4.78 is 10.8. The Labute approximate surface area is 102 Å². The SMILES string of the molecule is CS(=O)CCCNC(=O)c1cccc(N)c1O. The molecule has 0 radical (unpaired) electrons. The molecule has 1 atom stereocenters. The number of anilines is 1. The maximum Gasteiger partial charge on any atom is 0.255 e. The minimum Gasteiger partial charge on any atom is -0.505 e. The minimum atomic E-state index is -0.854. The molecule has 94 valence electrons. The number of carbonyl (C=O) groups excluding carboxylic acids is 1. The number of benzene rings is 1. The Morgan fingerprint density at radius 2 is 2.24 bits per heavy atom. The lowest BCUT2D eigenvalue weighted by Crippen LogP contribution is -2.25. The van der Waals surface area contributed by atoms with Crippen molar-refractivity contribution in [2.45, 2.75) is 6.42 Å². The van der Waals surface area contributed by atoms with E-state index >= 15 is 0 Å². The number of nitrogens with one attached hydrogen (secondary N) is 1. The van der Waals surface area contributed by atoms with E-state index in [9.17, 15) is 14.1 Å². The molecule has 0 fully saturated rings. The van der Waals surface area contributed by atoms with Gasteiger partial charge in [-0.1, -0.05) is 6.07 Å². The van der Waals surface area contributed by atoms with Gasteiger partial charge in [0.05, 0.1) is 11.3 Å². The zero-order valence-electron chi connectivity index (χ0n) is 9.60. The van der Waals surface area contributed by atoms with Crippen molar-refractivity contribution in [1.29, 1.82) is 0 Å². The predicted molar refractivity (Wildman–Crippen MR) is 68.4 cm³/mol. The van der Waals surface area contributed by atoms with Gasteiger partial charge in [-0.15, -0.1) is 0 Å². The lowest BCUT2D eigenvalue weighted by atomic mass is 10.1. The standard InChI is InChI=1S/C11H16N2O3S/c1-17(16)7-3-6-13-11(15)8-4-2-5-9(12)10(8)14/h2,4-5,14H,3,6-7,12H2,1H3,(H,13,15). The number of amides is 1. The summed E-state index contributed by atoms with van der Waals surface area (Å²) in [5, 5.41) is 12.2. The van der Waals surface area contributed by atoms with E-state index in [0.717, 1.165) is 0 Å². The molecule has 1 rings (SSSR count). The van der Waals surface area contributed by atoms with Gasteiger partial charge in [-0.3, -0.25) is 9.00 Å². The van der Waals surface area contributed by atoms with E-state index in [1.807, 2.05) is 0 Å². The second kappa shape index (κ2) is 6.24. The second-order valence-electron chi connectivity index (χ2n) is 3.63. The fourth-order valence-corrected chi connectivity index (χ4v) is 1.87. The largest absolute Gasteiger partial charge is 0.505 e. The van der Waals surface area contributed by atoms with Gasteiger partial charge < -0.3 is 16.2 Å². The van der Waals surface area contributed by atoms with Gasteiger partial charge in [-0.2, -0.15) is 0 Å². The van der Waals surface area contributed by atoms with Gasteiger partial charge in [0.15, 0.2) is 5.75 Å². The van der Waals surface area contributed by atoms with Gasteiger partial charge in [0.1, 0.15) is 0 Å². The number of carbonyl (C=O) groups is 1. The summed E-state index contributed by atoms with van der Waals surface area (Å²) in [6.45, 7) is 0.423. The number of hydrogen-bond acceptors (Lipinski definition) is 4. The Morgan fingerprint density at radius 1 is 1.53 bits per heavy atom. The predicted octanol–water partition coefficient (Wildman–Crippen LogP) is 0.473. The maximum absolute atomic E-state index is 11.7. The first kappa shape index (κ1) is 13.5. The first-order valence-electron chi connectivity index (χ1n) is 5.18. The molecular formula is C11H16N2O3S. The number of para-hydroxylation sites is 1. The van der Waals surface area contributed by atoms with Gasteiger partial charge in [0, 0.05) is 29.4 Å². The highest BCUT2D eigenvalue weighted by atomic mass is 32.2. The smallest absolute Gasteiger partial charge is 0.255 e. The van der Waals surface area contributed by atoms with Crippen molar-refractivity contribution in [2.75, 3.05) is 24.3 Å². The van der Waals surface area contributed by atoms with E-state index in [0.29, 0.717) is 18.7 Å². The Bertz CT molecular complexity index is 435. The Kier molecular flexibility index (Phi) is 4.96. The monoisotopic (exact) mass is 256 g/mol. The highest BCUT2D eigenvalue weighted by Gasteiger charge is 2.11. The van der Waals surface area contributed by atoms with Crippen LogP contribution in [0.4, 0.5) is 5.69 Å². The molecule has 6 heteroatoms. The van der Waals surface area contributed by atoms with Gasteiger partial charge in [0.2, 0.25) is 0 Å². The van der Waals surface area contributed by atoms with E-state index in [-0.39, 0.29) is 22.9 Å². The van der Waals surface area contributed by atoms with Crippen LogP contribution in [-0.4, -0.2) is 33.8 Å². The third kappa shape index (κ3) is 4.07. The molecule has 0 aliphatic heterocycles. The zero-order valence-corrected chi connectivity index (χ0v) is 10.4. The van der Waals surface area contributed by atoms with Crippen molar-refractivity contribution in [3.63, 3.8) is 0 Å². The Balaban J connectivity index is 2.53. The number of phenolic OH excluding ortho intramolecular Hbond substituents is 1. The molecule has 0 aromatic heterocycles. The fraction of sp³-hybridized carbons (Fsp3) is 0.364. The molecule has 1 unspecified atom stereocenters. The summed E-state index contributed by atoms with van der Waals surface area (Å²) in [4.78, 5) is 11.7. The van der Waals surface area contributed by atoms with Gasteiger partial charge in [-0.25, -0.2) is 0 Å². The van der Waals surface area contributed by atoms with E-state index in [2.05, 4.69) is 5.32 Å². The summed E-state index contributed by atoms with van der Waals surface area (Å²) in [6.07, 6.45) is 2.25. The normalized spacial score (nSPS) is 12.1. The van der Waals surface area contributed by atoms with Crippen LogP contribution in [0.15, 0.2) is 18.2 Å². The summed E-state index contributed by atoms with van der Waals surface area (Å²) in [6, 6.07) is 4.62. The molecule has 1 aromatic carbocycles. The lowest BCUT2D eigenvalue weighted by Gasteiger charge is -2.07. The van der Waals surface area contributed by atoms with Crippen molar-refractivity contribution < 1.29 is 14.1 Å². The summed E-state index contributed by atoms with van der Waals surface area (Å²) in [7, 11) is -0.854. The Morgan fingerprint density at radius 3 is 2.88 bits per heavy atom. The lowest BCUT2D eigenvalue weighted by molar-refractivity contribution is 0.0951. The highest BCUT2D eigenvalue weighted by Crippen LogP contribution is 2.23. The molecule has 0 heterocycles. The van der Waals surface area contributed by atoms with Crippen LogP contribution in [0.3, 0.4) is 0 Å². The molecular weight excluding hydrogens is 240 g/mol. The number of hydrogen-bond donors (Lipinski definition) is 3. The van der Waals surface area contributed by atoms with Crippen LogP contribution in [0, 0.1) is 0 Å². The van der Waals surface area contributed by atoms with Gasteiger partial charge >= 0.3 is 0 Å². The van der Waals surface area contributed by atoms with Crippen LogP contribution >= 0.6 is 0 Å². The van der Waals surface area contributed by atoms with Crippen molar-refractivity contribution in [3.8, 4) is 5.75 Å². The molecule has 0 bridgehead atoms. The molecule has 5 nitrogen and oxygen atoms in total. The summed E-state index contributed by atoms with van der Waals surface area (Å²) >= 11 is 0. The third-order valence-electron chi connectivity index (χ3n) is 2.21.